The van der Waals surface area contributed by atoms with Gasteiger partial charge in [-0.3, -0.25) is 9.69 Å². The second kappa shape index (κ2) is 11.0. The number of rotatable bonds is 12. The molecule has 0 saturated heterocycles. The molecular weight excluding hydrogens is 272 g/mol. The van der Waals surface area contributed by atoms with Gasteiger partial charge in [0.1, 0.15) is 5.54 Å². The Morgan fingerprint density at radius 3 is 2.10 bits per heavy atom. The molecule has 1 N–H and O–H groups in total. The van der Waals surface area contributed by atoms with Gasteiger partial charge >= 0.3 is 5.97 Å². The lowest BCUT2D eigenvalue weighted by Gasteiger charge is -2.35. The van der Waals surface area contributed by atoms with Crippen molar-refractivity contribution < 1.29 is 19.0 Å². The molecule has 6 heteroatoms. The van der Waals surface area contributed by atoms with E-state index in [1.165, 1.54) is 7.11 Å². The summed E-state index contributed by atoms with van der Waals surface area (Å²) in [6, 6.07) is 0.207. The molecule has 0 aliphatic carbocycles. The van der Waals surface area contributed by atoms with Crippen LogP contribution in [0, 0.1) is 0 Å². The largest absolute Gasteiger partial charge is 0.468 e. The number of hydrogen-bond donors (Lipinski definition) is 1. The monoisotopic (exact) mass is 304 g/mol. The normalized spacial score (nSPS) is 15.8. The Balaban J connectivity index is 4.79. The Morgan fingerprint density at radius 2 is 1.71 bits per heavy atom. The Kier molecular flexibility index (Phi) is 10.6. The minimum atomic E-state index is -0.679. The molecule has 0 rings (SSSR count). The number of esters is 1. The summed E-state index contributed by atoms with van der Waals surface area (Å²) >= 11 is 0. The molecule has 2 unspecified atom stereocenters. The van der Waals surface area contributed by atoms with Gasteiger partial charge in [-0.15, -0.1) is 0 Å². The quantitative estimate of drug-likeness (QED) is 0.541. The van der Waals surface area contributed by atoms with Gasteiger partial charge in [-0.25, -0.2) is 0 Å². The van der Waals surface area contributed by atoms with Gasteiger partial charge in [-0.2, -0.15) is 0 Å². The average Bonchev–Trinajstić information content (AvgIpc) is 2.46. The first-order valence-electron chi connectivity index (χ1n) is 7.50. The summed E-state index contributed by atoms with van der Waals surface area (Å²) in [6.45, 7) is 9.64. The van der Waals surface area contributed by atoms with Crippen molar-refractivity contribution in [3.63, 3.8) is 0 Å². The predicted molar refractivity (Wildman–Crippen MR) is 83.5 cm³/mol. The molecule has 0 aliphatic rings. The third-order valence-corrected chi connectivity index (χ3v) is 3.70. The third kappa shape index (κ3) is 7.22. The number of carbonyl (C=O) groups excluding carboxylic acids is 1. The summed E-state index contributed by atoms with van der Waals surface area (Å²) in [7, 11) is 4.81. The van der Waals surface area contributed by atoms with Crippen LogP contribution in [0.2, 0.25) is 0 Å². The van der Waals surface area contributed by atoms with Gasteiger partial charge in [0.25, 0.3) is 0 Å². The van der Waals surface area contributed by atoms with Crippen LogP contribution in [0.25, 0.3) is 0 Å². The van der Waals surface area contributed by atoms with E-state index in [2.05, 4.69) is 17.1 Å². The SMILES string of the molecule is CCNC(C)(CC(C)N(CCOC)CCOC)C(=O)OC. The zero-order chi connectivity index (χ0) is 16.3. The molecule has 6 nitrogen and oxygen atoms in total. The lowest BCUT2D eigenvalue weighted by atomic mass is 9.92. The van der Waals surface area contributed by atoms with Crippen molar-refractivity contribution in [2.75, 3.05) is 54.2 Å². The summed E-state index contributed by atoms with van der Waals surface area (Å²) in [5, 5.41) is 3.24. The smallest absolute Gasteiger partial charge is 0.325 e. The van der Waals surface area contributed by atoms with Crippen LogP contribution in [0.5, 0.6) is 0 Å². The predicted octanol–water partition coefficient (Wildman–Crippen LogP) is 0.901. The summed E-state index contributed by atoms with van der Waals surface area (Å²) < 4.78 is 15.3. The molecule has 0 aromatic carbocycles. The minimum absolute atomic E-state index is 0.207. The average molecular weight is 304 g/mol. The maximum absolute atomic E-state index is 12.1. The number of hydrogen-bond acceptors (Lipinski definition) is 6. The first-order valence-corrected chi connectivity index (χ1v) is 7.50. The van der Waals surface area contributed by atoms with E-state index in [0.29, 0.717) is 26.2 Å². The fourth-order valence-electron chi connectivity index (χ4n) is 2.53. The number of methoxy groups -OCH3 is 3. The third-order valence-electron chi connectivity index (χ3n) is 3.70. The molecule has 2 atom stereocenters. The van der Waals surface area contributed by atoms with Crippen molar-refractivity contribution in [1.82, 2.24) is 10.2 Å². The van der Waals surface area contributed by atoms with Crippen LogP contribution in [0.4, 0.5) is 0 Å². The van der Waals surface area contributed by atoms with Gasteiger partial charge in [-0.05, 0) is 26.8 Å². The molecule has 0 amide bonds. The van der Waals surface area contributed by atoms with Crippen LogP contribution in [0.15, 0.2) is 0 Å². The van der Waals surface area contributed by atoms with Crippen LogP contribution in [-0.2, 0) is 19.0 Å². The van der Waals surface area contributed by atoms with E-state index in [1.807, 2.05) is 13.8 Å². The van der Waals surface area contributed by atoms with Crippen LogP contribution < -0.4 is 5.32 Å². The highest BCUT2D eigenvalue weighted by atomic mass is 16.5. The lowest BCUT2D eigenvalue weighted by Crippen LogP contribution is -2.54. The fraction of sp³-hybridized carbons (Fsp3) is 0.933. The maximum Gasteiger partial charge on any atom is 0.325 e. The van der Waals surface area contributed by atoms with Gasteiger partial charge in [-0.1, -0.05) is 6.92 Å². The molecular formula is C15H32N2O4. The highest BCUT2D eigenvalue weighted by Gasteiger charge is 2.36. The Hall–Kier alpha value is -0.690. The summed E-state index contributed by atoms with van der Waals surface area (Å²) in [4.78, 5) is 14.3. The molecule has 0 aromatic rings. The van der Waals surface area contributed by atoms with Gasteiger partial charge in [0, 0.05) is 33.4 Å². The van der Waals surface area contributed by atoms with Crippen molar-refractivity contribution in [2.45, 2.75) is 38.8 Å². The van der Waals surface area contributed by atoms with Gasteiger partial charge < -0.3 is 19.5 Å². The fourth-order valence-corrected chi connectivity index (χ4v) is 2.53. The molecule has 0 bridgehead atoms. The van der Waals surface area contributed by atoms with Gasteiger partial charge in [0.15, 0.2) is 0 Å². The van der Waals surface area contributed by atoms with Crippen molar-refractivity contribution >= 4 is 5.97 Å². The molecule has 0 spiro atoms. The second-order valence-electron chi connectivity index (χ2n) is 5.43. The van der Waals surface area contributed by atoms with E-state index < -0.39 is 5.54 Å². The summed E-state index contributed by atoms with van der Waals surface area (Å²) in [6.07, 6.45) is 0.668. The van der Waals surface area contributed by atoms with Crippen LogP contribution in [-0.4, -0.2) is 76.6 Å². The number of carbonyl (C=O) groups is 1. The lowest BCUT2D eigenvalue weighted by molar-refractivity contribution is -0.148. The Morgan fingerprint density at radius 1 is 1.19 bits per heavy atom. The molecule has 21 heavy (non-hydrogen) atoms. The van der Waals surface area contributed by atoms with E-state index in [1.54, 1.807) is 14.2 Å². The zero-order valence-corrected chi connectivity index (χ0v) is 14.4. The minimum Gasteiger partial charge on any atom is -0.468 e. The van der Waals surface area contributed by atoms with E-state index in [-0.39, 0.29) is 12.0 Å². The van der Waals surface area contributed by atoms with Gasteiger partial charge in [0.2, 0.25) is 0 Å². The Labute approximate surface area is 129 Å². The molecule has 0 fully saturated rings. The van der Waals surface area contributed by atoms with Crippen molar-refractivity contribution in [3.05, 3.63) is 0 Å². The topological polar surface area (TPSA) is 60.0 Å². The summed E-state index contributed by atoms with van der Waals surface area (Å²) in [5.74, 6) is -0.227. The van der Waals surface area contributed by atoms with E-state index in [4.69, 9.17) is 14.2 Å². The molecule has 0 radical (unpaired) electrons. The van der Waals surface area contributed by atoms with E-state index in [0.717, 1.165) is 13.1 Å². The van der Waals surface area contributed by atoms with E-state index >= 15 is 0 Å². The van der Waals surface area contributed by atoms with Crippen LogP contribution in [0.3, 0.4) is 0 Å². The zero-order valence-electron chi connectivity index (χ0n) is 14.4. The van der Waals surface area contributed by atoms with Crippen molar-refractivity contribution in [2.24, 2.45) is 0 Å². The Bertz CT molecular complexity index is 281. The van der Waals surface area contributed by atoms with Crippen LogP contribution in [0.1, 0.15) is 27.2 Å². The van der Waals surface area contributed by atoms with E-state index in [9.17, 15) is 4.79 Å². The number of nitrogens with one attached hydrogen (secondary N) is 1. The molecule has 0 saturated carbocycles. The number of nitrogens with zero attached hydrogens (tertiary/aromatic N) is 1. The van der Waals surface area contributed by atoms with Gasteiger partial charge in [0.05, 0.1) is 20.3 Å². The number of ether oxygens (including phenoxy) is 3. The summed E-state index contributed by atoms with van der Waals surface area (Å²) in [5.41, 5.74) is -0.679. The highest BCUT2D eigenvalue weighted by molar-refractivity contribution is 5.80. The highest BCUT2D eigenvalue weighted by Crippen LogP contribution is 2.18. The molecule has 0 aliphatic heterocycles. The van der Waals surface area contributed by atoms with Crippen molar-refractivity contribution in [3.8, 4) is 0 Å². The maximum atomic E-state index is 12.1. The number of likely N-dealkylation sites (N-methyl/N-ethyl adjacent to an activating group) is 1. The first kappa shape index (κ1) is 20.3. The standard InChI is InChI=1S/C15H32N2O4/c1-7-16-15(3,14(18)21-6)12-13(2)17(8-10-19-4)9-11-20-5/h13,16H,7-12H2,1-6H3. The molecule has 126 valence electrons. The second-order valence-corrected chi connectivity index (χ2v) is 5.43. The first-order chi connectivity index (χ1) is 9.95. The molecule has 0 aromatic heterocycles. The van der Waals surface area contributed by atoms with Crippen LogP contribution >= 0.6 is 0 Å². The molecule has 0 heterocycles. The van der Waals surface area contributed by atoms with Crippen molar-refractivity contribution in [1.29, 1.82) is 0 Å².